The molecular weight excluding hydrogens is 262 g/mol. The van der Waals surface area contributed by atoms with Gasteiger partial charge in [0.1, 0.15) is 5.75 Å². The number of aromatic nitrogens is 1. The van der Waals surface area contributed by atoms with Gasteiger partial charge in [0.25, 0.3) is 5.91 Å². The third-order valence-corrected chi connectivity index (χ3v) is 3.21. The van der Waals surface area contributed by atoms with Gasteiger partial charge in [0.05, 0.1) is 18.3 Å². The van der Waals surface area contributed by atoms with Crippen LogP contribution in [0.5, 0.6) is 5.75 Å². The number of hydrogen-bond acceptors (Lipinski definition) is 5. The van der Waals surface area contributed by atoms with Crippen LogP contribution < -0.4 is 15.8 Å². The van der Waals surface area contributed by atoms with E-state index in [9.17, 15) is 4.79 Å². The summed E-state index contributed by atoms with van der Waals surface area (Å²) < 4.78 is 5.08. The van der Waals surface area contributed by atoms with E-state index in [0.717, 1.165) is 5.69 Å². The Bertz CT molecular complexity index is 555. The van der Waals surface area contributed by atoms with Crippen molar-refractivity contribution in [2.75, 3.05) is 19.4 Å². The summed E-state index contributed by atoms with van der Waals surface area (Å²) in [6.45, 7) is 0.541. The molecule has 1 aromatic carbocycles. The van der Waals surface area contributed by atoms with E-state index in [2.05, 4.69) is 10.3 Å². The first-order valence-electron chi connectivity index (χ1n) is 5.79. The maximum atomic E-state index is 12.0. The number of ether oxygens (including phenoxy) is 1. The molecule has 0 aliphatic rings. The second kappa shape index (κ2) is 6.19. The van der Waals surface area contributed by atoms with Crippen LogP contribution in [0.25, 0.3) is 0 Å². The molecule has 0 aliphatic heterocycles. The molecule has 0 aliphatic carbocycles. The molecule has 2 rings (SSSR count). The quantitative estimate of drug-likeness (QED) is 0.816. The molecule has 0 atom stereocenters. The number of carbonyl (C=O) groups is 1. The third-order valence-electron chi connectivity index (χ3n) is 2.58. The maximum Gasteiger partial charge on any atom is 0.251 e. The number of nitrogen functional groups attached to an aromatic ring is 1. The Hall–Kier alpha value is -2.08. The highest BCUT2D eigenvalue weighted by Crippen LogP contribution is 2.18. The minimum absolute atomic E-state index is 0.166. The third kappa shape index (κ3) is 3.69. The highest BCUT2D eigenvalue weighted by atomic mass is 32.1. The van der Waals surface area contributed by atoms with Crippen molar-refractivity contribution < 1.29 is 9.53 Å². The summed E-state index contributed by atoms with van der Waals surface area (Å²) in [5.41, 5.74) is 9.47. The number of thiazole rings is 1. The van der Waals surface area contributed by atoms with Crippen molar-refractivity contribution >= 4 is 22.9 Å². The summed E-state index contributed by atoms with van der Waals surface area (Å²) in [5.74, 6) is 0.408. The zero-order chi connectivity index (χ0) is 13.7. The predicted molar refractivity (Wildman–Crippen MR) is 75.6 cm³/mol. The summed E-state index contributed by atoms with van der Waals surface area (Å²) in [5, 5.41) is 4.80. The van der Waals surface area contributed by atoms with Crippen molar-refractivity contribution in [1.29, 1.82) is 0 Å². The first-order valence-corrected chi connectivity index (χ1v) is 6.73. The molecule has 0 radical (unpaired) electrons. The Balaban J connectivity index is 1.94. The number of benzene rings is 1. The standard InChI is InChI=1S/C13H15N3O2S/c1-18-12-5-9(4-10(14)6-12)13(17)15-3-2-11-7-19-8-16-11/h4-8H,2-3,14H2,1H3,(H,15,17). The number of carbonyl (C=O) groups excluding carboxylic acids is 1. The van der Waals surface area contributed by atoms with Crippen molar-refractivity contribution in [2.24, 2.45) is 0 Å². The smallest absolute Gasteiger partial charge is 0.251 e. The van der Waals surface area contributed by atoms with E-state index in [-0.39, 0.29) is 5.91 Å². The van der Waals surface area contributed by atoms with E-state index >= 15 is 0 Å². The molecule has 0 unspecified atom stereocenters. The van der Waals surface area contributed by atoms with Gasteiger partial charge in [-0.2, -0.15) is 0 Å². The fourth-order valence-corrected chi connectivity index (χ4v) is 2.23. The summed E-state index contributed by atoms with van der Waals surface area (Å²) in [6, 6.07) is 4.96. The summed E-state index contributed by atoms with van der Waals surface area (Å²) in [7, 11) is 1.54. The van der Waals surface area contributed by atoms with Gasteiger partial charge in [-0.15, -0.1) is 11.3 Å². The van der Waals surface area contributed by atoms with Crippen LogP contribution in [0.4, 0.5) is 5.69 Å². The molecule has 0 spiro atoms. The van der Waals surface area contributed by atoms with Gasteiger partial charge in [0.2, 0.25) is 0 Å². The molecule has 1 amide bonds. The summed E-state index contributed by atoms with van der Waals surface area (Å²) in [6.07, 6.45) is 0.717. The molecule has 2 aromatic rings. The number of hydrogen-bond donors (Lipinski definition) is 2. The SMILES string of the molecule is COc1cc(N)cc(C(=O)NCCc2cscn2)c1. The monoisotopic (exact) mass is 277 g/mol. The predicted octanol–water partition coefficient (Wildman–Crippen LogP) is 1.71. The molecule has 100 valence electrons. The maximum absolute atomic E-state index is 12.0. The lowest BCUT2D eigenvalue weighted by atomic mass is 10.1. The Morgan fingerprint density at radius 3 is 3.00 bits per heavy atom. The van der Waals surface area contributed by atoms with Crippen LogP contribution in [0.2, 0.25) is 0 Å². The number of amides is 1. The van der Waals surface area contributed by atoms with E-state index in [1.54, 1.807) is 42.2 Å². The van der Waals surface area contributed by atoms with Crippen LogP contribution in [-0.2, 0) is 6.42 Å². The second-order valence-corrected chi connectivity index (χ2v) is 4.70. The molecule has 19 heavy (non-hydrogen) atoms. The van der Waals surface area contributed by atoms with Crippen LogP contribution >= 0.6 is 11.3 Å². The zero-order valence-corrected chi connectivity index (χ0v) is 11.4. The highest BCUT2D eigenvalue weighted by molar-refractivity contribution is 7.07. The van der Waals surface area contributed by atoms with E-state index in [4.69, 9.17) is 10.5 Å². The van der Waals surface area contributed by atoms with Gasteiger partial charge in [0.15, 0.2) is 0 Å². The molecule has 0 bridgehead atoms. The van der Waals surface area contributed by atoms with Crippen LogP contribution in [0.3, 0.4) is 0 Å². The Labute approximate surface area is 115 Å². The van der Waals surface area contributed by atoms with E-state index in [1.807, 2.05) is 5.38 Å². The van der Waals surface area contributed by atoms with Gasteiger partial charge in [0, 0.05) is 35.7 Å². The average Bonchev–Trinajstić information content (AvgIpc) is 2.91. The lowest BCUT2D eigenvalue weighted by Gasteiger charge is -2.07. The van der Waals surface area contributed by atoms with Gasteiger partial charge < -0.3 is 15.8 Å². The van der Waals surface area contributed by atoms with Crippen molar-refractivity contribution in [2.45, 2.75) is 6.42 Å². The number of anilines is 1. The van der Waals surface area contributed by atoms with Crippen molar-refractivity contribution in [1.82, 2.24) is 10.3 Å². The number of rotatable bonds is 5. The lowest BCUT2D eigenvalue weighted by molar-refractivity contribution is 0.0954. The molecule has 0 saturated carbocycles. The molecule has 0 fully saturated rings. The largest absolute Gasteiger partial charge is 0.497 e. The lowest BCUT2D eigenvalue weighted by Crippen LogP contribution is -2.25. The molecule has 3 N–H and O–H groups in total. The number of methoxy groups -OCH3 is 1. The number of nitrogens with one attached hydrogen (secondary N) is 1. The second-order valence-electron chi connectivity index (χ2n) is 3.98. The molecule has 1 heterocycles. The molecule has 0 saturated heterocycles. The first-order chi connectivity index (χ1) is 9.19. The zero-order valence-electron chi connectivity index (χ0n) is 10.6. The van der Waals surface area contributed by atoms with E-state index < -0.39 is 0 Å². The van der Waals surface area contributed by atoms with Crippen molar-refractivity contribution in [3.05, 3.63) is 40.3 Å². The van der Waals surface area contributed by atoms with Crippen molar-refractivity contribution in [3.8, 4) is 5.75 Å². The Kier molecular flexibility index (Phi) is 4.35. The Morgan fingerprint density at radius 1 is 1.47 bits per heavy atom. The minimum Gasteiger partial charge on any atom is -0.497 e. The van der Waals surface area contributed by atoms with Crippen LogP contribution in [0, 0.1) is 0 Å². The number of nitrogens with zero attached hydrogens (tertiary/aromatic N) is 1. The Morgan fingerprint density at radius 2 is 2.32 bits per heavy atom. The van der Waals surface area contributed by atoms with E-state index in [1.165, 1.54) is 0 Å². The van der Waals surface area contributed by atoms with Gasteiger partial charge in [-0.25, -0.2) is 4.98 Å². The van der Waals surface area contributed by atoms with Gasteiger partial charge in [-0.1, -0.05) is 0 Å². The van der Waals surface area contributed by atoms with Crippen LogP contribution in [0.1, 0.15) is 16.1 Å². The van der Waals surface area contributed by atoms with Crippen LogP contribution in [0.15, 0.2) is 29.1 Å². The number of nitrogens with two attached hydrogens (primary N) is 1. The first kappa shape index (κ1) is 13.4. The van der Waals surface area contributed by atoms with E-state index in [0.29, 0.717) is 30.0 Å². The van der Waals surface area contributed by atoms with Crippen molar-refractivity contribution in [3.63, 3.8) is 0 Å². The topological polar surface area (TPSA) is 77.2 Å². The van der Waals surface area contributed by atoms with Gasteiger partial charge >= 0.3 is 0 Å². The van der Waals surface area contributed by atoms with Crippen LogP contribution in [-0.4, -0.2) is 24.5 Å². The summed E-state index contributed by atoms with van der Waals surface area (Å²) in [4.78, 5) is 16.1. The minimum atomic E-state index is -0.166. The molecular formula is C13H15N3O2S. The molecule has 6 heteroatoms. The molecule has 5 nitrogen and oxygen atoms in total. The highest BCUT2D eigenvalue weighted by Gasteiger charge is 2.08. The average molecular weight is 277 g/mol. The summed E-state index contributed by atoms with van der Waals surface area (Å²) >= 11 is 1.54. The normalized spacial score (nSPS) is 10.2. The van der Waals surface area contributed by atoms with Gasteiger partial charge in [-0.3, -0.25) is 4.79 Å². The fraction of sp³-hybridized carbons (Fsp3) is 0.231. The molecule has 1 aromatic heterocycles. The van der Waals surface area contributed by atoms with Gasteiger partial charge in [-0.05, 0) is 12.1 Å². The fourth-order valence-electron chi connectivity index (χ4n) is 1.64.